The van der Waals surface area contributed by atoms with Gasteiger partial charge in [-0.15, -0.1) is 0 Å². The Kier molecular flexibility index (Phi) is 6.89. The molecule has 1 amide bonds. The molecule has 0 aliphatic rings. The van der Waals surface area contributed by atoms with E-state index in [1.54, 1.807) is 62.7 Å². The Balaban J connectivity index is 2.17. The van der Waals surface area contributed by atoms with Crippen molar-refractivity contribution in [3.63, 3.8) is 0 Å². The number of benzene rings is 2. The molecule has 2 N–H and O–H groups in total. The molecule has 3 rings (SSSR count). The molecule has 0 radical (unpaired) electrons. The van der Waals surface area contributed by atoms with Crippen molar-refractivity contribution in [2.24, 2.45) is 5.41 Å². The Morgan fingerprint density at radius 2 is 1.62 bits per heavy atom. The van der Waals surface area contributed by atoms with Crippen LogP contribution < -0.4 is 5.32 Å². The molecule has 0 aliphatic carbocycles. The molecule has 6 nitrogen and oxygen atoms in total. The van der Waals surface area contributed by atoms with Crippen LogP contribution in [0.3, 0.4) is 0 Å². The first-order valence-corrected chi connectivity index (χ1v) is 10.9. The van der Waals surface area contributed by atoms with E-state index in [0.29, 0.717) is 32.0 Å². The summed E-state index contributed by atoms with van der Waals surface area (Å²) in [6.45, 7) is 6.97. The molecule has 3 aromatic rings. The molecule has 0 fully saturated rings. The Hall–Kier alpha value is -2.54. The van der Waals surface area contributed by atoms with Gasteiger partial charge in [-0.25, -0.2) is 9.48 Å². The third-order valence-corrected chi connectivity index (χ3v) is 5.77. The van der Waals surface area contributed by atoms with Crippen molar-refractivity contribution >= 4 is 46.7 Å². The van der Waals surface area contributed by atoms with Crippen LogP contribution in [-0.4, -0.2) is 32.8 Å². The van der Waals surface area contributed by atoms with Crippen LogP contribution in [0.1, 0.15) is 36.8 Å². The van der Waals surface area contributed by atoms with Crippen LogP contribution in [0.5, 0.6) is 0 Å². The number of aromatic nitrogens is 2. The zero-order chi connectivity index (χ0) is 23.8. The summed E-state index contributed by atoms with van der Waals surface area (Å²) < 4.78 is 1.55. The van der Waals surface area contributed by atoms with Crippen LogP contribution in [0.15, 0.2) is 42.5 Å². The highest BCUT2D eigenvalue weighted by molar-refractivity contribution is 6.35. The summed E-state index contributed by atoms with van der Waals surface area (Å²) in [5, 5.41) is 18.1. The van der Waals surface area contributed by atoms with E-state index in [1.807, 2.05) is 12.1 Å². The number of halogens is 3. The first kappa shape index (κ1) is 24.1. The van der Waals surface area contributed by atoms with Gasteiger partial charge in [-0.05, 0) is 42.7 Å². The van der Waals surface area contributed by atoms with Crippen molar-refractivity contribution in [2.45, 2.75) is 33.7 Å². The minimum Gasteiger partial charge on any atom is -0.480 e. The highest BCUT2D eigenvalue weighted by Gasteiger charge is 2.34. The SMILES string of the molecule is Cc1c(C(=O)NC(C(=O)O)C(C)(C)C)nn(-c2ccc(Cl)cc2Cl)c1-c1ccc(Cl)cc1. The number of carboxylic acids is 1. The number of nitrogens with zero attached hydrogens (tertiary/aromatic N) is 2. The van der Waals surface area contributed by atoms with E-state index >= 15 is 0 Å². The van der Waals surface area contributed by atoms with Crippen molar-refractivity contribution in [1.29, 1.82) is 0 Å². The lowest BCUT2D eigenvalue weighted by Crippen LogP contribution is -2.49. The minimum atomic E-state index is -1.12. The summed E-state index contributed by atoms with van der Waals surface area (Å²) in [7, 11) is 0. The van der Waals surface area contributed by atoms with Gasteiger partial charge in [0.2, 0.25) is 0 Å². The van der Waals surface area contributed by atoms with E-state index in [-0.39, 0.29) is 5.69 Å². The number of carboxylic acid groups (broad SMARTS) is 1. The molecule has 0 spiro atoms. The molecule has 1 atom stereocenters. The molecule has 0 aliphatic heterocycles. The third-order valence-electron chi connectivity index (χ3n) is 4.98. The number of hydrogen-bond donors (Lipinski definition) is 2. The van der Waals surface area contributed by atoms with Gasteiger partial charge in [0, 0.05) is 21.2 Å². The number of rotatable bonds is 5. The van der Waals surface area contributed by atoms with Crippen LogP contribution in [0, 0.1) is 12.3 Å². The number of aliphatic carboxylic acids is 1. The average molecular weight is 495 g/mol. The fraction of sp³-hybridized carbons (Fsp3) is 0.261. The van der Waals surface area contributed by atoms with Gasteiger partial charge in [-0.3, -0.25) is 4.79 Å². The van der Waals surface area contributed by atoms with Crippen molar-refractivity contribution in [1.82, 2.24) is 15.1 Å². The van der Waals surface area contributed by atoms with E-state index in [1.165, 1.54) is 0 Å². The van der Waals surface area contributed by atoms with Gasteiger partial charge in [-0.1, -0.05) is 67.7 Å². The molecule has 0 saturated heterocycles. The highest BCUT2D eigenvalue weighted by atomic mass is 35.5. The maximum absolute atomic E-state index is 13.1. The lowest BCUT2D eigenvalue weighted by molar-refractivity contribution is -0.142. The van der Waals surface area contributed by atoms with Gasteiger partial charge in [0.15, 0.2) is 5.69 Å². The second kappa shape index (κ2) is 9.14. The molecule has 32 heavy (non-hydrogen) atoms. The topological polar surface area (TPSA) is 84.2 Å². The molecular weight excluding hydrogens is 473 g/mol. The molecule has 0 saturated carbocycles. The van der Waals surface area contributed by atoms with E-state index in [0.717, 1.165) is 5.56 Å². The molecular formula is C23H22Cl3N3O3. The quantitative estimate of drug-likeness (QED) is 0.453. The fourth-order valence-electron chi connectivity index (χ4n) is 3.33. The third kappa shape index (κ3) is 4.93. The number of nitrogens with one attached hydrogen (secondary N) is 1. The first-order chi connectivity index (χ1) is 14.9. The molecule has 1 heterocycles. The van der Waals surface area contributed by atoms with Gasteiger partial charge < -0.3 is 10.4 Å². The second-order valence-electron chi connectivity index (χ2n) is 8.45. The van der Waals surface area contributed by atoms with Gasteiger partial charge in [-0.2, -0.15) is 5.10 Å². The lowest BCUT2D eigenvalue weighted by atomic mass is 9.86. The smallest absolute Gasteiger partial charge is 0.326 e. The number of amides is 1. The zero-order valence-corrected chi connectivity index (χ0v) is 20.2. The molecule has 0 bridgehead atoms. The summed E-state index contributed by atoms with van der Waals surface area (Å²) >= 11 is 18.5. The number of hydrogen-bond acceptors (Lipinski definition) is 3. The van der Waals surface area contributed by atoms with Crippen LogP contribution in [0.4, 0.5) is 0 Å². The summed E-state index contributed by atoms with van der Waals surface area (Å²) in [4.78, 5) is 24.9. The van der Waals surface area contributed by atoms with E-state index in [4.69, 9.17) is 34.8 Å². The number of carbonyl (C=O) groups excluding carboxylic acids is 1. The van der Waals surface area contributed by atoms with Crippen molar-refractivity contribution in [3.05, 3.63) is 68.8 Å². The van der Waals surface area contributed by atoms with Gasteiger partial charge >= 0.3 is 5.97 Å². The molecule has 168 valence electrons. The first-order valence-electron chi connectivity index (χ1n) is 9.75. The summed E-state index contributed by atoms with van der Waals surface area (Å²) in [5.74, 6) is -1.72. The molecule has 2 aromatic carbocycles. The molecule has 1 aromatic heterocycles. The van der Waals surface area contributed by atoms with Crippen LogP contribution >= 0.6 is 34.8 Å². The van der Waals surface area contributed by atoms with E-state index in [2.05, 4.69) is 10.4 Å². The standard InChI is InChI=1S/C23H22Cl3N3O3/c1-12-18(21(30)27-20(22(31)32)23(2,3)4)28-29(17-10-9-15(25)11-16(17)26)19(12)13-5-7-14(24)8-6-13/h5-11,20H,1-4H3,(H,27,30)(H,31,32). The Labute approximate surface area is 201 Å². The van der Waals surface area contributed by atoms with Crippen LogP contribution in [-0.2, 0) is 4.79 Å². The Morgan fingerprint density at radius 1 is 1.03 bits per heavy atom. The predicted molar refractivity (Wildman–Crippen MR) is 127 cm³/mol. The van der Waals surface area contributed by atoms with Gasteiger partial charge in [0.05, 0.1) is 16.4 Å². The molecule has 1 unspecified atom stereocenters. The summed E-state index contributed by atoms with van der Waals surface area (Å²) in [6, 6.07) is 10.9. The van der Waals surface area contributed by atoms with Gasteiger partial charge in [0.1, 0.15) is 6.04 Å². The van der Waals surface area contributed by atoms with Crippen molar-refractivity contribution < 1.29 is 14.7 Å². The normalized spacial score (nSPS) is 12.5. The van der Waals surface area contributed by atoms with E-state index < -0.39 is 23.3 Å². The van der Waals surface area contributed by atoms with Crippen LogP contribution in [0.25, 0.3) is 16.9 Å². The Bertz CT molecular complexity index is 1180. The van der Waals surface area contributed by atoms with Crippen molar-refractivity contribution in [2.75, 3.05) is 0 Å². The largest absolute Gasteiger partial charge is 0.480 e. The predicted octanol–water partition coefficient (Wildman–Crippen LogP) is 6.04. The maximum Gasteiger partial charge on any atom is 0.326 e. The summed E-state index contributed by atoms with van der Waals surface area (Å²) in [6.07, 6.45) is 0. The highest BCUT2D eigenvalue weighted by Crippen LogP contribution is 2.33. The summed E-state index contributed by atoms with van der Waals surface area (Å²) in [5.41, 5.74) is 1.86. The maximum atomic E-state index is 13.1. The van der Waals surface area contributed by atoms with Gasteiger partial charge in [0.25, 0.3) is 5.91 Å². The monoisotopic (exact) mass is 493 g/mol. The second-order valence-corrected chi connectivity index (χ2v) is 9.73. The molecule has 9 heteroatoms. The Morgan fingerprint density at radius 3 is 2.16 bits per heavy atom. The van der Waals surface area contributed by atoms with Crippen molar-refractivity contribution in [3.8, 4) is 16.9 Å². The van der Waals surface area contributed by atoms with Crippen LogP contribution in [0.2, 0.25) is 15.1 Å². The minimum absolute atomic E-state index is 0.0940. The number of carbonyl (C=O) groups is 2. The zero-order valence-electron chi connectivity index (χ0n) is 17.9. The average Bonchev–Trinajstić information content (AvgIpc) is 3.02. The lowest BCUT2D eigenvalue weighted by Gasteiger charge is -2.27. The van der Waals surface area contributed by atoms with E-state index in [9.17, 15) is 14.7 Å². The fourth-order valence-corrected chi connectivity index (χ4v) is 3.95.